The number of likely N-dealkylation sites (tertiary alicyclic amines) is 1. The summed E-state index contributed by atoms with van der Waals surface area (Å²) in [5, 5.41) is 9.76. The van der Waals surface area contributed by atoms with Crippen molar-refractivity contribution in [3.8, 4) is 0 Å². The van der Waals surface area contributed by atoms with Crippen molar-refractivity contribution < 1.29 is 5.11 Å². The lowest BCUT2D eigenvalue weighted by atomic mass is 9.98. The lowest BCUT2D eigenvalue weighted by Crippen LogP contribution is -2.38. The minimum atomic E-state index is -0.665. The molecule has 0 spiro atoms. The van der Waals surface area contributed by atoms with Crippen LogP contribution in [0, 0.1) is 5.92 Å². The van der Waals surface area contributed by atoms with Crippen LogP contribution in [-0.2, 0) is 0 Å². The summed E-state index contributed by atoms with van der Waals surface area (Å²) in [5.74, 6) is 0.841. The molecule has 3 heteroatoms. The normalized spacial score (nSPS) is 27.6. The molecule has 1 heterocycles. The second kappa shape index (κ2) is 5.83. The number of hydrogen-bond acceptors (Lipinski definition) is 3. The molecule has 1 fully saturated rings. The van der Waals surface area contributed by atoms with E-state index in [0.717, 1.165) is 25.3 Å². The zero-order valence-electron chi connectivity index (χ0n) is 10.2. The largest absolute Gasteiger partial charge is 0.389 e. The Labute approximate surface area is 93.6 Å². The number of aliphatic hydroxyl groups is 1. The number of hydrogen-bond donors (Lipinski definition) is 2. The third-order valence-corrected chi connectivity index (χ3v) is 3.37. The van der Waals surface area contributed by atoms with Gasteiger partial charge in [0.15, 0.2) is 0 Å². The predicted octanol–water partition coefficient (Wildman–Crippen LogP) is 1.21. The van der Waals surface area contributed by atoms with E-state index in [4.69, 9.17) is 5.73 Å². The Bertz CT molecular complexity index is 182. The van der Waals surface area contributed by atoms with Gasteiger partial charge in [0.1, 0.15) is 0 Å². The number of piperidine rings is 1. The molecule has 0 radical (unpaired) electrons. The summed E-state index contributed by atoms with van der Waals surface area (Å²) >= 11 is 0. The Morgan fingerprint density at radius 3 is 2.87 bits per heavy atom. The van der Waals surface area contributed by atoms with Gasteiger partial charge in [-0.15, -0.1) is 0 Å². The lowest BCUT2D eigenvalue weighted by Gasteiger charge is -2.31. The Balaban J connectivity index is 2.14. The van der Waals surface area contributed by atoms with E-state index in [-0.39, 0.29) is 0 Å². The van der Waals surface area contributed by atoms with Gasteiger partial charge in [-0.1, -0.05) is 6.92 Å². The molecule has 0 aliphatic carbocycles. The molecule has 0 aromatic heterocycles. The fourth-order valence-electron chi connectivity index (χ4n) is 2.28. The predicted molar refractivity (Wildman–Crippen MR) is 63.8 cm³/mol. The average molecular weight is 214 g/mol. The highest BCUT2D eigenvalue weighted by molar-refractivity contribution is 4.75. The lowest BCUT2D eigenvalue weighted by molar-refractivity contribution is 0.0525. The summed E-state index contributed by atoms with van der Waals surface area (Å²) in [6.45, 7) is 8.08. The number of rotatable bonds is 5. The van der Waals surface area contributed by atoms with Gasteiger partial charge in [0, 0.05) is 13.1 Å². The minimum absolute atomic E-state index is 0.364. The summed E-state index contributed by atoms with van der Waals surface area (Å²) in [5.41, 5.74) is 4.82. The van der Waals surface area contributed by atoms with Crippen LogP contribution in [0.1, 0.15) is 39.5 Å². The van der Waals surface area contributed by atoms with Crippen LogP contribution in [0.5, 0.6) is 0 Å². The van der Waals surface area contributed by atoms with Gasteiger partial charge in [-0.05, 0) is 51.6 Å². The molecule has 3 nitrogen and oxygen atoms in total. The molecule has 1 rings (SSSR count). The van der Waals surface area contributed by atoms with Gasteiger partial charge in [0.2, 0.25) is 0 Å². The molecule has 1 aliphatic heterocycles. The third kappa shape index (κ3) is 4.96. The summed E-state index contributed by atoms with van der Waals surface area (Å²) in [6.07, 6.45) is 4.57. The number of nitrogens with two attached hydrogens (primary N) is 1. The molecule has 15 heavy (non-hydrogen) atoms. The first-order valence-electron chi connectivity index (χ1n) is 6.18. The van der Waals surface area contributed by atoms with Crippen LogP contribution >= 0.6 is 0 Å². The first-order chi connectivity index (χ1) is 7.03. The monoisotopic (exact) mass is 214 g/mol. The summed E-state index contributed by atoms with van der Waals surface area (Å²) in [7, 11) is 0. The van der Waals surface area contributed by atoms with Gasteiger partial charge < -0.3 is 15.7 Å². The van der Waals surface area contributed by atoms with Crippen molar-refractivity contribution in [2.45, 2.75) is 45.1 Å². The van der Waals surface area contributed by atoms with E-state index in [0.29, 0.717) is 6.54 Å². The van der Waals surface area contributed by atoms with Crippen molar-refractivity contribution in [3.63, 3.8) is 0 Å². The Morgan fingerprint density at radius 2 is 2.27 bits per heavy atom. The maximum absolute atomic E-state index is 9.76. The van der Waals surface area contributed by atoms with Crippen molar-refractivity contribution in [2.75, 3.05) is 26.2 Å². The van der Waals surface area contributed by atoms with Crippen molar-refractivity contribution in [1.29, 1.82) is 0 Å². The zero-order chi connectivity index (χ0) is 11.3. The Kier molecular flexibility index (Phi) is 5.03. The first-order valence-corrected chi connectivity index (χ1v) is 6.18. The van der Waals surface area contributed by atoms with Crippen LogP contribution in [0.4, 0.5) is 0 Å². The molecule has 2 atom stereocenters. The maximum Gasteiger partial charge on any atom is 0.0741 e. The molecule has 90 valence electrons. The summed E-state index contributed by atoms with van der Waals surface area (Å²) in [6, 6.07) is 0. The smallest absolute Gasteiger partial charge is 0.0741 e. The van der Waals surface area contributed by atoms with Crippen LogP contribution in [0.25, 0.3) is 0 Å². The fourth-order valence-corrected chi connectivity index (χ4v) is 2.28. The third-order valence-electron chi connectivity index (χ3n) is 3.37. The molecule has 0 bridgehead atoms. The first kappa shape index (κ1) is 12.9. The summed E-state index contributed by atoms with van der Waals surface area (Å²) < 4.78 is 0. The minimum Gasteiger partial charge on any atom is -0.389 e. The van der Waals surface area contributed by atoms with E-state index in [1.807, 2.05) is 6.92 Å². The van der Waals surface area contributed by atoms with E-state index in [1.54, 1.807) is 0 Å². The Hall–Kier alpha value is -0.120. The standard InChI is InChI=1S/C12H26N2O/c1-11-5-3-7-14(9-11)8-4-6-12(2,15)10-13/h11,15H,3-10,13H2,1-2H3. The second-order valence-corrected chi connectivity index (χ2v) is 5.35. The van der Waals surface area contributed by atoms with Gasteiger partial charge >= 0.3 is 0 Å². The average Bonchev–Trinajstić information content (AvgIpc) is 2.18. The molecule has 3 N–H and O–H groups in total. The van der Waals surface area contributed by atoms with E-state index in [2.05, 4.69) is 11.8 Å². The quantitative estimate of drug-likeness (QED) is 0.723. The van der Waals surface area contributed by atoms with Crippen LogP contribution in [-0.4, -0.2) is 41.8 Å². The van der Waals surface area contributed by atoms with Gasteiger partial charge in [-0.25, -0.2) is 0 Å². The van der Waals surface area contributed by atoms with Crippen molar-refractivity contribution in [1.82, 2.24) is 4.90 Å². The molecule has 0 aromatic rings. The van der Waals surface area contributed by atoms with Crippen molar-refractivity contribution in [3.05, 3.63) is 0 Å². The van der Waals surface area contributed by atoms with Gasteiger partial charge in [-0.2, -0.15) is 0 Å². The van der Waals surface area contributed by atoms with Gasteiger partial charge in [0.05, 0.1) is 5.60 Å². The second-order valence-electron chi connectivity index (χ2n) is 5.35. The van der Waals surface area contributed by atoms with Gasteiger partial charge in [0.25, 0.3) is 0 Å². The topological polar surface area (TPSA) is 49.5 Å². The molecule has 0 amide bonds. The van der Waals surface area contributed by atoms with Gasteiger partial charge in [-0.3, -0.25) is 0 Å². The SMILES string of the molecule is CC1CCCN(CCCC(C)(O)CN)C1. The zero-order valence-corrected chi connectivity index (χ0v) is 10.2. The summed E-state index contributed by atoms with van der Waals surface area (Å²) in [4.78, 5) is 2.51. The molecular formula is C12H26N2O. The molecule has 1 saturated heterocycles. The van der Waals surface area contributed by atoms with Crippen molar-refractivity contribution >= 4 is 0 Å². The van der Waals surface area contributed by atoms with E-state index < -0.39 is 5.60 Å². The highest BCUT2D eigenvalue weighted by Gasteiger charge is 2.19. The maximum atomic E-state index is 9.76. The molecule has 2 unspecified atom stereocenters. The molecule has 1 aliphatic rings. The van der Waals surface area contributed by atoms with E-state index in [9.17, 15) is 5.11 Å². The number of nitrogens with zero attached hydrogens (tertiary/aromatic N) is 1. The van der Waals surface area contributed by atoms with Crippen LogP contribution in [0.2, 0.25) is 0 Å². The van der Waals surface area contributed by atoms with E-state index >= 15 is 0 Å². The molecular weight excluding hydrogens is 188 g/mol. The van der Waals surface area contributed by atoms with Crippen molar-refractivity contribution in [2.24, 2.45) is 11.7 Å². The van der Waals surface area contributed by atoms with Crippen LogP contribution in [0.15, 0.2) is 0 Å². The van der Waals surface area contributed by atoms with Crippen LogP contribution < -0.4 is 5.73 Å². The van der Waals surface area contributed by atoms with Crippen LogP contribution in [0.3, 0.4) is 0 Å². The van der Waals surface area contributed by atoms with E-state index in [1.165, 1.54) is 25.9 Å². The molecule has 0 aromatic carbocycles. The fraction of sp³-hybridized carbons (Fsp3) is 1.00. The molecule has 0 saturated carbocycles. The highest BCUT2D eigenvalue weighted by atomic mass is 16.3. The Morgan fingerprint density at radius 1 is 1.53 bits per heavy atom. The highest BCUT2D eigenvalue weighted by Crippen LogP contribution is 2.17.